The van der Waals surface area contributed by atoms with Gasteiger partial charge in [0.2, 0.25) is 0 Å². The van der Waals surface area contributed by atoms with Crippen molar-refractivity contribution < 1.29 is 9.34 Å². The van der Waals surface area contributed by atoms with Gasteiger partial charge in [-0.05, 0) is 6.26 Å². The Morgan fingerprint density at radius 2 is 2.33 bits per heavy atom. The molecule has 5 nitrogen and oxygen atoms in total. The molecular formula is C8H5ClN2O3S. The van der Waals surface area contributed by atoms with Crippen molar-refractivity contribution >= 4 is 40.1 Å². The van der Waals surface area contributed by atoms with Gasteiger partial charge in [-0.1, -0.05) is 23.4 Å². The van der Waals surface area contributed by atoms with Crippen molar-refractivity contribution in [3.05, 3.63) is 27.3 Å². The first kappa shape index (κ1) is 10.3. The summed E-state index contributed by atoms with van der Waals surface area (Å²) in [6.45, 7) is 0. The zero-order valence-corrected chi connectivity index (χ0v) is 9.13. The van der Waals surface area contributed by atoms with Crippen LogP contribution in [0.3, 0.4) is 0 Å². The molecule has 15 heavy (non-hydrogen) atoms. The number of oxazole rings is 1. The minimum absolute atomic E-state index is 0.0521. The van der Waals surface area contributed by atoms with Crippen molar-refractivity contribution in [2.45, 2.75) is 5.22 Å². The molecule has 1 heterocycles. The average Bonchev–Trinajstić information content (AvgIpc) is 2.58. The fraction of sp³-hybridized carbons (Fsp3) is 0.125. The SMILES string of the molecule is CSc1nc2cc([N+](=O)[O-])c(Cl)cc2o1. The Kier molecular flexibility index (Phi) is 2.54. The van der Waals surface area contributed by atoms with E-state index in [1.54, 1.807) is 6.26 Å². The van der Waals surface area contributed by atoms with Crippen molar-refractivity contribution in [1.29, 1.82) is 0 Å². The van der Waals surface area contributed by atoms with Crippen LogP contribution in [0.1, 0.15) is 0 Å². The number of benzene rings is 1. The molecule has 0 N–H and O–H groups in total. The van der Waals surface area contributed by atoms with Gasteiger partial charge in [0.25, 0.3) is 10.9 Å². The normalized spacial score (nSPS) is 10.8. The molecular weight excluding hydrogens is 240 g/mol. The first-order valence-electron chi connectivity index (χ1n) is 3.90. The standard InChI is InChI=1S/C8H5ClN2O3S/c1-15-8-10-5-3-6(11(12)13)4(9)2-7(5)14-8/h2-3H,1H3. The van der Waals surface area contributed by atoms with Crippen LogP contribution in [0.4, 0.5) is 5.69 Å². The molecule has 0 amide bonds. The van der Waals surface area contributed by atoms with Crippen LogP contribution in [-0.4, -0.2) is 16.2 Å². The van der Waals surface area contributed by atoms with E-state index in [1.165, 1.54) is 23.9 Å². The Labute approximate surface area is 93.6 Å². The quantitative estimate of drug-likeness (QED) is 0.461. The monoisotopic (exact) mass is 244 g/mol. The summed E-state index contributed by atoms with van der Waals surface area (Å²) in [5.41, 5.74) is 0.732. The van der Waals surface area contributed by atoms with E-state index in [-0.39, 0.29) is 10.7 Å². The van der Waals surface area contributed by atoms with Crippen molar-refractivity contribution in [1.82, 2.24) is 4.98 Å². The molecule has 0 atom stereocenters. The summed E-state index contributed by atoms with van der Waals surface area (Å²) < 4.78 is 5.28. The van der Waals surface area contributed by atoms with Gasteiger partial charge in [-0.2, -0.15) is 0 Å². The van der Waals surface area contributed by atoms with Gasteiger partial charge >= 0.3 is 0 Å². The molecule has 7 heteroatoms. The highest BCUT2D eigenvalue weighted by Crippen LogP contribution is 2.31. The van der Waals surface area contributed by atoms with Crippen LogP contribution in [0.5, 0.6) is 0 Å². The molecule has 0 bridgehead atoms. The summed E-state index contributed by atoms with van der Waals surface area (Å²) in [5, 5.41) is 11.1. The van der Waals surface area contributed by atoms with E-state index in [2.05, 4.69) is 4.98 Å². The summed E-state index contributed by atoms with van der Waals surface area (Å²) in [7, 11) is 0. The van der Waals surface area contributed by atoms with Gasteiger partial charge in [0.1, 0.15) is 10.5 Å². The van der Waals surface area contributed by atoms with E-state index >= 15 is 0 Å². The summed E-state index contributed by atoms with van der Waals surface area (Å²) in [6.07, 6.45) is 1.81. The number of aromatic nitrogens is 1. The predicted molar refractivity (Wildman–Crippen MR) is 57.5 cm³/mol. The zero-order valence-electron chi connectivity index (χ0n) is 7.56. The molecule has 1 aromatic carbocycles. The highest BCUT2D eigenvalue weighted by Gasteiger charge is 2.16. The van der Waals surface area contributed by atoms with Gasteiger partial charge in [0.05, 0.1) is 4.92 Å². The van der Waals surface area contributed by atoms with Crippen molar-refractivity contribution in [2.75, 3.05) is 6.26 Å². The highest BCUT2D eigenvalue weighted by molar-refractivity contribution is 7.98. The number of rotatable bonds is 2. The molecule has 0 radical (unpaired) electrons. The summed E-state index contributed by atoms with van der Waals surface area (Å²) >= 11 is 7.04. The van der Waals surface area contributed by atoms with E-state index in [1.807, 2.05) is 0 Å². The first-order valence-corrected chi connectivity index (χ1v) is 5.50. The largest absolute Gasteiger partial charge is 0.431 e. The second-order valence-corrected chi connectivity index (χ2v) is 3.88. The lowest BCUT2D eigenvalue weighted by Crippen LogP contribution is -1.88. The van der Waals surface area contributed by atoms with Crippen molar-refractivity contribution in [2.24, 2.45) is 0 Å². The van der Waals surface area contributed by atoms with Gasteiger partial charge in [0.15, 0.2) is 5.58 Å². The van der Waals surface area contributed by atoms with Gasteiger partial charge < -0.3 is 4.42 Å². The predicted octanol–water partition coefficient (Wildman–Crippen LogP) is 3.11. The van der Waals surface area contributed by atoms with Gasteiger partial charge in [-0.25, -0.2) is 4.98 Å². The van der Waals surface area contributed by atoms with Crippen LogP contribution in [0.2, 0.25) is 5.02 Å². The van der Waals surface area contributed by atoms with Crippen LogP contribution in [0.25, 0.3) is 11.1 Å². The molecule has 2 rings (SSSR count). The third-order valence-electron chi connectivity index (χ3n) is 1.81. The van der Waals surface area contributed by atoms with Crippen LogP contribution in [0, 0.1) is 10.1 Å². The second kappa shape index (κ2) is 3.71. The molecule has 1 aromatic heterocycles. The minimum Gasteiger partial charge on any atom is -0.431 e. The number of halogens is 1. The van der Waals surface area contributed by atoms with Gasteiger partial charge in [-0.15, -0.1) is 0 Å². The molecule has 0 saturated carbocycles. The lowest BCUT2D eigenvalue weighted by Gasteiger charge is -1.92. The summed E-state index contributed by atoms with van der Waals surface area (Å²) in [5.74, 6) is 0. The number of nitro groups is 1. The van der Waals surface area contributed by atoms with E-state index < -0.39 is 4.92 Å². The smallest absolute Gasteiger partial charge is 0.290 e. The Morgan fingerprint density at radius 1 is 1.60 bits per heavy atom. The molecule has 0 spiro atoms. The fourth-order valence-electron chi connectivity index (χ4n) is 1.14. The molecule has 78 valence electrons. The van der Waals surface area contributed by atoms with Crippen molar-refractivity contribution in [3.8, 4) is 0 Å². The van der Waals surface area contributed by atoms with E-state index in [0.717, 1.165) is 0 Å². The number of hydrogen-bond acceptors (Lipinski definition) is 5. The number of nitro benzene ring substituents is 1. The van der Waals surface area contributed by atoms with E-state index in [9.17, 15) is 10.1 Å². The maximum atomic E-state index is 10.6. The third kappa shape index (κ3) is 1.78. The highest BCUT2D eigenvalue weighted by atomic mass is 35.5. The van der Waals surface area contributed by atoms with Crippen LogP contribution >= 0.6 is 23.4 Å². The average molecular weight is 245 g/mol. The number of thioether (sulfide) groups is 1. The molecule has 0 unspecified atom stereocenters. The Balaban J connectivity index is 2.68. The van der Waals surface area contributed by atoms with Crippen molar-refractivity contribution in [3.63, 3.8) is 0 Å². The third-order valence-corrected chi connectivity index (χ3v) is 2.64. The lowest BCUT2D eigenvalue weighted by atomic mass is 10.3. The minimum atomic E-state index is -0.546. The molecule has 0 aliphatic carbocycles. The molecule has 2 aromatic rings. The second-order valence-electron chi connectivity index (χ2n) is 2.71. The summed E-state index contributed by atoms with van der Waals surface area (Å²) in [6, 6.07) is 2.71. The zero-order chi connectivity index (χ0) is 11.0. The van der Waals surface area contributed by atoms with Gasteiger partial charge in [-0.3, -0.25) is 10.1 Å². The maximum Gasteiger partial charge on any atom is 0.290 e. The molecule has 0 aliphatic rings. The van der Waals surface area contributed by atoms with E-state index in [0.29, 0.717) is 16.3 Å². The maximum absolute atomic E-state index is 10.6. The number of hydrogen-bond donors (Lipinski definition) is 0. The van der Waals surface area contributed by atoms with Crippen LogP contribution < -0.4 is 0 Å². The van der Waals surface area contributed by atoms with Crippen LogP contribution in [0.15, 0.2) is 21.8 Å². The topological polar surface area (TPSA) is 69.2 Å². The van der Waals surface area contributed by atoms with Crippen LogP contribution in [-0.2, 0) is 0 Å². The number of fused-ring (bicyclic) bond motifs is 1. The Bertz CT molecular complexity index is 540. The lowest BCUT2D eigenvalue weighted by molar-refractivity contribution is -0.384. The summed E-state index contributed by atoms with van der Waals surface area (Å²) in [4.78, 5) is 14.1. The molecule has 0 fully saturated rings. The Hall–Kier alpha value is -1.27. The number of nitrogens with zero attached hydrogens (tertiary/aromatic N) is 2. The first-order chi connectivity index (χ1) is 7.11. The Morgan fingerprint density at radius 3 is 2.93 bits per heavy atom. The molecule has 0 aliphatic heterocycles. The van der Waals surface area contributed by atoms with E-state index in [4.69, 9.17) is 16.0 Å². The molecule has 0 saturated heterocycles. The van der Waals surface area contributed by atoms with Gasteiger partial charge in [0, 0.05) is 12.1 Å². The fourth-order valence-corrected chi connectivity index (χ4v) is 1.73.